The lowest BCUT2D eigenvalue weighted by molar-refractivity contribution is -0.139. The molecule has 3 aliphatic rings. The number of aliphatic hydroxyl groups excluding tert-OH is 3. The molecule has 1 fully saturated rings. The molecular weight excluding hydrogens is 468 g/mol. The van der Waals surface area contributed by atoms with E-state index in [0.717, 1.165) is 12.8 Å². The van der Waals surface area contributed by atoms with E-state index in [1.165, 1.54) is 7.11 Å². The highest BCUT2D eigenvalue weighted by Crippen LogP contribution is 2.51. The van der Waals surface area contributed by atoms with E-state index in [1.807, 2.05) is 6.92 Å². The van der Waals surface area contributed by atoms with Gasteiger partial charge < -0.3 is 39.7 Å². The van der Waals surface area contributed by atoms with E-state index in [9.17, 15) is 24.9 Å². The Kier molecular flexibility index (Phi) is 8.50. The van der Waals surface area contributed by atoms with Gasteiger partial charge in [-0.25, -0.2) is 0 Å². The Hall–Kier alpha value is -2.66. The van der Waals surface area contributed by atoms with Gasteiger partial charge in [0.1, 0.15) is 12.2 Å². The first-order chi connectivity index (χ1) is 17.4. The first-order valence-corrected chi connectivity index (χ1v) is 12.6. The number of nitrogens with one attached hydrogen (secondary N) is 1. The van der Waals surface area contributed by atoms with Crippen LogP contribution in [0.4, 0.5) is 0 Å². The second-order valence-corrected chi connectivity index (χ2v) is 9.45. The summed E-state index contributed by atoms with van der Waals surface area (Å²) in [5.41, 5.74) is 1.54. The molecule has 4 rings (SSSR count). The Morgan fingerprint density at radius 3 is 2.72 bits per heavy atom. The van der Waals surface area contributed by atoms with Gasteiger partial charge in [0.15, 0.2) is 11.5 Å². The van der Waals surface area contributed by atoms with Crippen LogP contribution >= 0.6 is 0 Å². The Morgan fingerprint density at radius 1 is 1.28 bits per heavy atom. The Bertz CT molecular complexity index is 990. The molecule has 10 heteroatoms. The zero-order chi connectivity index (χ0) is 25.8. The summed E-state index contributed by atoms with van der Waals surface area (Å²) < 4.78 is 17.5. The highest BCUT2D eigenvalue weighted by molar-refractivity contribution is 5.96. The smallest absolute Gasteiger partial charge is 0.247 e. The van der Waals surface area contributed by atoms with Crippen LogP contribution in [-0.2, 0) is 20.9 Å². The van der Waals surface area contributed by atoms with Gasteiger partial charge in [0, 0.05) is 37.3 Å². The standard InChI is InChI=1S/C26H36N2O8/c1-3-5-21(31)28(13-16-6-4-9-35-16)19-12-18(26(33)27-7-8-29)22-17-10-15(14-30)11-20(34-2)24(17)36-25(22)23(19)32/h10-12,16,19,22-23,25,29-30,32H,3-9,13-14H2,1-2H3,(H,27,33)/t16-,19-,22+,23+,25+/m1/s1. The third-order valence-corrected chi connectivity index (χ3v) is 7.06. The molecule has 198 valence electrons. The van der Waals surface area contributed by atoms with Crippen LogP contribution in [0.5, 0.6) is 11.5 Å². The topological polar surface area (TPSA) is 138 Å². The number of amides is 2. The van der Waals surface area contributed by atoms with E-state index in [0.29, 0.717) is 54.2 Å². The number of benzene rings is 1. The molecule has 0 bridgehead atoms. The fourth-order valence-corrected chi connectivity index (χ4v) is 5.37. The molecular formula is C26H36N2O8. The predicted molar refractivity (Wildman–Crippen MR) is 130 cm³/mol. The van der Waals surface area contributed by atoms with Crippen LogP contribution < -0.4 is 14.8 Å². The molecule has 36 heavy (non-hydrogen) atoms. The van der Waals surface area contributed by atoms with Crippen molar-refractivity contribution >= 4 is 11.8 Å². The molecule has 0 radical (unpaired) electrons. The minimum Gasteiger partial charge on any atom is -0.493 e. The summed E-state index contributed by atoms with van der Waals surface area (Å²) in [6.45, 7) is 2.46. The molecule has 5 atom stereocenters. The Morgan fingerprint density at radius 2 is 2.08 bits per heavy atom. The minimum absolute atomic E-state index is 0.0584. The number of carbonyl (C=O) groups excluding carboxylic acids is 2. The van der Waals surface area contributed by atoms with Gasteiger partial charge in [-0.1, -0.05) is 6.92 Å². The lowest BCUT2D eigenvalue weighted by Crippen LogP contribution is -2.57. The van der Waals surface area contributed by atoms with E-state index in [4.69, 9.17) is 14.2 Å². The van der Waals surface area contributed by atoms with Gasteiger partial charge in [-0.2, -0.15) is 0 Å². The van der Waals surface area contributed by atoms with Crippen LogP contribution in [0.15, 0.2) is 23.8 Å². The van der Waals surface area contributed by atoms with Gasteiger partial charge in [-0.05, 0) is 43.0 Å². The molecule has 1 aromatic rings. The first-order valence-electron chi connectivity index (χ1n) is 12.6. The van der Waals surface area contributed by atoms with E-state index in [-0.39, 0.29) is 31.8 Å². The van der Waals surface area contributed by atoms with Crippen LogP contribution in [0.2, 0.25) is 0 Å². The number of nitrogens with zero attached hydrogens (tertiary/aromatic N) is 1. The van der Waals surface area contributed by atoms with E-state index in [2.05, 4.69) is 5.32 Å². The highest BCUT2D eigenvalue weighted by atomic mass is 16.5. The molecule has 0 aromatic heterocycles. The van der Waals surface area contributed by atoms with Crippen LogP contribution in [0, 0.1) is 0 Å². The van der Waals surface area contributed by atoms with Crippen LogP contribution in [-0.4, -0.2) is 89.8 Å². The van der Waals surface area contributed by atoms with Crippen molar-refractivity contribution < 1.29 is 39.1 Å². The quantitative estimate of drug-likeness (QED) is 0.364. The van der Waals surface area contributed by atoms with E-state index >= 15 is 0 Å². The van der Waals surface area contributed by atoms with Gasteiger partial charge in [0.25, 0.3) is 0 Å². The average Bonchev–Trinajstić information content (AvgIpc) is 3.54. The molecule has 0 spiro atoms. The van der Waals surface area contributed by atoms with Gasteiger partial charge in [-0.3, -0.25) is 9.59 Å². The fourth-order valence-electron chi connectivity index (χ4n) is 5.37. The number of methoxy groups -OCH3 is 1. The molecule has 0 unspecified atom stereocenters. The molecule has 0 saturated carbocycles. The Balaban J connectivity index is 1.78. The lowest BCUT2D eigenvalue weighted by Gasteiger charge is -2.41. The zero-order valence-corrected chi connectivity index (χ0v) is 20.8. The summed E-state index contributed by atoms with van der Waals surface area (Å²) in [5, 5.41) is 33.3. The van der Waals surface area contributed by atoms with Crippen molar-refractivity contribution in [2.45, 2.75) is 69.5 Å². The average molecular weight is 505 g/mol. The molecule has 1 aliphatic carbocycles. The summed E-state index contributed by atoms with van der Waals surface area (Å²) in [6, 6.07) is 2.60. The summed E-state index contributed by atoms with van der Waals surface area (Å²) in [6.07, 6.45) is 2.22. The third kappa shape index (κ3) is 5.08. The van der Waals surface area contributed by atoms with Crippen LogP contribution in [0.1, 0.15) is 49.7 Å². The second-order valence-electron chi connectivity index (χ2n) is 9.45. The van der Waals surface area contributed by atoms with Crippen molar-refractivity contribution in [2.75, 3.05) is 33.4 Å². The monoisotopic (exact) mass is 504 g/mol. The van der Waals surface area contributed by atoms with Crippen molar-refractivity contribution in [2.24, 2.45) is 0 Å². The zero-order valence-electron chi connectivity index (χ0n) is 20.8. The third-order valence-electron chi connectivity index (χ3n) is 7.06. The molecule has 2 aliphatic heterocycles. The molecule has 2 amide bonds. The Labute approximate surface area is 210 Å². The van der Waals surface area contributed by atoms with Gasteiger partial charge in [0.05, 0.1) is 38.4 Å². The number of hydrogen-bond acceptors (Lipinski definition) is 8. The molecule has 1 saturated heterocycles. The van der Waals surface area contributed by atoms with E-state index in [1.54, 1.807) is 23.1 Å². The van der Waals surface area contributed by atoms with Crippen LogP contribution in [0.3, 0.4) is 0 Å². The molecule has 10 nitrogen and oxygen atoms in total. The van der Waals surface area contributed by atoms with Crippen molar-refractivity contribution in [3.05, 3.63) is 34.9 Å². The molecule has 1 aromatic carbocycles. The fraction of sp³-hybridized carbons (Fsp3) is 0.615. The van der Waals surface area contributed by atoms with Crippen molar-refractivity contribution in [3.8, 4) is 11.5 Å². The first kappa shape index (κ1) is 26.4. The summed E-state index contributed by atoms with van der Waals surface area (Å²) in [7, 11) is 1.48. The molecule has 4 N–H and O–H groups in total. The summed E-state index contributed by atoms with van der Waals surface area (Å²) in [4.78, 5) is 28.1. The number of aliphatic hydroxyl groups is 3. The lowest BCUT2D eigenvalue weighted by atomic mass is 9.77. The van der Waals surface area contributed by atoms with Crippen molar-refractivity contribution in [1.29, 1.82) is 0 Å². The number of hydrogen-bond donors (Lipinski definition) is 4. The number of carbonyl (C=O) groups is 2. The highest BCUT2D eigenvalue weighted by Gasteiger charge is 2.51. The van der Waals surface area contributed by atoms with Crippen LogP contribution in [0.25, 0.3) is 0 Å². The van der Waals surface area contributed by atoms with Gasteiger partial charge >= 0.3 is 0 Å². The number of rotatable bonds is 10. The maximum Gasteiger partial charge on any atom is 0.247 e. The maximum absolute atomic E-state index is 13.3. The SMILES string of the molecule is CCCC(=O)N(C[C@H]1CCCO1)[C@@H]1C=C(C(=O)NCCO)[C@@H]2c3cc(CO)cc(OC)c3O[C@@H]2[C@H]1O. The van der Waals surface area contributed by atoms with Crippen molar-refractivity contribution in [1.82, 2.24) is 10.2 Å². The molecule has 2 heterocycles. The predicted octanol–water partition coefficient (Wildman–Crippen LogP) is 0.618. The van der Waals surface area contributed by atoms with Crippen molar-refractivity contribution in [3.63, 3.8) is 0 Å². The summed E-state index contributed by atoms with van der Waals surface area (Å²) >= 11 is 0. The second kappa shape index (κ2) is 11.6. The number of fused-ring (bicyclic) bond motifs is 3. The normalized spacial score (nSPS) is 26.5. The summed E-state index contributed by atoms with van der Waals surface area (Å²) in [5.74, 6) is -0.395. The number of ether oxygens (including phenoxy) is 3. The van der Waals surface area contributed by atoms with Gasteiger partial charge in [-0.15, -0.1) is 0 Å². The van der Waals surface area contributed by atoms with Gasteiger partial charge in [0.2, 0.25) is 11.8 Å². The maximum atomic E-state index is 13.3. The largest absolute Gasteiger partial charge is 0.493 e. The van der Waals surface area contributed by atoms with E-state index < -0.39 is 30.1 Å². The minimum atomic E-state index is -1.12.